The molecular weight excluding hydrogens is 169 g/mol. The van der Waals surface area contributed by atoms with Gasteiger partial charge < -0.3 is 4.74 Å². The lowest BCUT2D eigenvalue weighted by Crippen LogP contribution is -1.98. The second kappa shape index (κ2) is 5.15. The van der Waals surface area contributed by atoms with E-state index in [9.17, 15) is 4.39 Å². The highest BCUT2D eigenvalue weighted by Gasteiger charge is 1.99. The van der Waals surface area contributed by atoms with Gasteiger partial charge in [0.25, 0.3) is 0 Å². The monoisotopic (exact) mass is 179 g/mol. The topological polar surface area (TPSA) is 33.0 Å². The fourth-order valence-corrected chi connectivity index (χ4v) is 0.895. The fourth-order valence-electron chi connectivity index (χ4n) is 0.895. The summed E-state index contributed by atoms with van der Waals surface area (Å²) in [5, 5.41) is 8.24. The molecule has 0 aliphatic carbocycles. The molecule has 0 radical (unpaired) electrons. The number of hydrogen-bond acceptors (Lipinski definition) is 2. The van der Waals surface area contributed by atoms with Gasteiger partial charge in [0.15, 0.2) is 11.6 Å². The van der Waals surface area contributed by atoms with Gasteiger partial charge in [-0.1, -0.05) is 12.1 Å². The highest BCUT2D eigenvalue weighted by atomic mass is 19.1. The standard InChI is InChI=1S/C10H10FNO/c11-9-5-1-2-6-10(9)13-8-4-3-7-12/h1-2,5-6H,3-4,8H2. The molecule has 13 heavy (non-hydrogen) atoms. The lowest BCUT2D eigenvalue weighted by molar-refractivity contribution is 0.297. The Balaban J connectivity index is 2.37. The molecule has 0 N–H and O–H groups in total. The SMILES string of the molecule is N#CCCCOc1ccccc1F. The number of hydrogen-bond donors (Lipinski definition) is 0. The van der Waals surface area contributed by atoms with Gasteiger partial charge in [-0.05, 0) is 18.6 Å². The van der Waals surface area contributed by atoms with Crippen LogP contribution in [-0.2, 0) is 0 Å². The molecule has 0 atom stereocenters. The average molecular weight is 179 g/mol. The van der Waals surface area contributed by atoms with Crippen molar-refractivity contribution in [2.75, 3.05) is 6.61 Å². The van der Waals surface area contributed by atoms with E-state index >= 15 is 0 Å². The van der Waals surface area contributed by atoms with Gasteiger partial charge in [-0.2, -0.15) is 5.26 Å². The molecule has 0 unspecified atom stereocenters. The van der Waals surface area contributed by atoms with Gasteiger partial charge in [-0.3, -0.25) is 0 Å². The summed E-state index contributed by atoms with van der Waals surface area (Å²) in [6.07, 6.45) is 1.07. The third kappa shape index (κ3) is 3.12. The Morgan fingerprint density at radius 2 is 2.15 bits per heavy atom. The maximum absolute atomic E-state index is 12.9. The molecule has 0 bridgehead atoms. The molecule has 1 aromatic carbocycles. The highest BCUT2D eigenvalue weighted by molar-refractivity contribution is 5.23. The van der Waals surface area contributed by atoms with E-state index in [0.717, 1.165) is 0 Å². The van der Waals surface area contributed by atoms with Crippen molar-refractivity contribution in [3.05, 3.63) is 30.1 Å². The molecule has 0 amide bonds. The van der Waals surface area contributed by atoms with E-state index < -0.39 is 0 Å². The van der Waals surface area contributed by atoms with Crippen LogP contribution in [0.3, 0.4) is 0 Å². The Labute approximate surface area is 76.6 Å². The first-order valence-corrected chi connectivity index (χ1v) is 4.09. The minimum absolute atomic E-state index is 0.250. The van der Waals surface area contributed by atoms with Crippen LogP contribution in [0.5, 0.6) is 5.75 Å². The number of halogens is 1. The van der Waals surface area contributed by atoms with Crippen LogP contribution in [0.2, 0.25) is 0 Å². The van der Waals surface area contributed by atoms with Crippen molar-refractivity contribution in [2.24, 2.45) is 0 Å². The Morgan fingerprint density at radius 1 is 1.38 bits per heavy atom. The third-order valence-electron chi connectivity index (χ3n) is 1.53. The molecule has 68 valence electrons. The zero-order valence-electron chi connectivity index (χ0n) is 7.16. The van der Waals surface area contributed by atoms with E-state index in [0.29, 0.717) is 19.4 Å². The van der Waals surface area contributed by atoms with Gasteiger partial charge in [-0.15, -0.1) is 0 Å². The fraction of sp³-hybridized carbons (Fsp3) is 0.300. The summed E-state index contributed by atoms with van der Waals surface area (Å²) in [6, 6.07) is 8.23. The van der Waals surface area contributed by atoms with E-state index in [1.165, 1.54) is 6.07 Å². The smallest absolute Gasteiger partial charge is 0.165 e. The number of rotatable bonds is 4. The Bertz CT molecular complexity index is 306. The maximum Gasteiger partial charge on any atom is 0.165 e. The van der Waals surface area contributed by atoms with Crippen LogP contribution in [0.1, 0.15) is 12.8 Å². The van der Waals surface area contributed by atoms with Crippen LogP contribution in [0.25, 0.3) is 0 Å². The van der Waals surface area contributed by atoms with Crippen LogP contribution in [0.15, 0.2) is 24.3 Å². The molecule has 0 saturated heterocycles. The molecule has 3 heteroatoms. The van der Waals surface area contributed by atoms with Gasteiger partial charge in [-0.25, -0.2) is 4.39 Å². The molecule has 0 aromatic heterocycles. The van der Waals surface area contributed by atoms with Crippen LogP contribution < -0.4 is 4.74 Å². The first-order chi connectivity index (χ1) is 6.34. The summed E-state index contributed by atoms with van der Waals surface area (Å²) in [7, 11) is 0. The zero-order valence-corrected chi connectivity index (χ0v) is 7.16. The largest absolute Gasteiger partial charge is 0.490 e. The van der Waals surface area contributed by atoms with Crippen molar-refractivity contribution in [3.63, 3.8) is 0 Å². The van der Waals surface area contributed by atoms with E-state index in [4.69, 9.17) is 10.00 Å². The van der Waals surface area contributed by atoms with Crippen molar-refractivity contribution in [1.82, 2.24) is 0 Å². The van der Waals surface area contributed by atoms with E-state index in [1.807, 2.05) is 6.07 Å². The Hall–Kier alpha value is -1.56. The van der Waals surface area contributed by atoms with Crippen molar-refractivity contribution in [3.8, 4) is 11.8 Å². The first kappa shape index (κ1) is 9.53. The molecular formula is C10H10FNO. The molecule has 0 aliphatic heterocycles. The Kier molecular flexibility index (Phi) is 3.77. The van der Waals surface area contributed by atoms with Gasteiger partial charge in [0.1, 0.15) is 0 Å². The zero-order chi connectivity index (χ0) is 9.52. The highest BCUT2D eigenvalue weighted by Crippen LogP contribution is 2.15. The van der Waals surface area contributed by atoms with E-state index in [1.54, 1.807) is 18.2 Å². The quantitative estimate of drug-likeness (QED) is 0.665. The van der Waals surface area contributed by atoms with Gasteiger partial charge in [0.05, 0.1) is 12.7 Å². The number of nitrogens with zero attached hydrogens (tertiary/aromatic N) is 1. The lowest BCUT2D eigenvalue weighted by Gasteiger charge is -2.04. The number of unbranched alkanes of at least 4 members (excludes halogenated alkanes) is 1. The minimum Gasteiger partial charge on any atom is -0.490 e. The molecule has 0 fully saturated rings. The van der Waals surface area contributed by atoms with Crippen LogP contribution in [0, 0.1) is 17.1 Å². The maximum atomic E-state index is 12.9. The van der Waals surface area contributed by atoms with Crippen LogP contribution in [0.4, 0.5) is 4.39 Å². The summed E-state index contributed by atoms with van der Waals surface area (Å²) in [6.45, 7) is 0.383. The predicted molar refractivity (Wildman–Crippen MR) is 46.7 cm³/mol. The summed E-state index contributed by atoms with van der Waals surface area (Å²) in [4.78, 5) is 0. The molecule has 0 heterocycles. The number of benzene rings is 1. The second-order valence-corrected chi connectivity index (χ2v) is 2.54. The molecule has 1 aromatic rings. The van der Waals surface area contributed by atoms with Crippen molar-refractivity contribution in [2.45, 2.75) is 12.8 Å². The van der Waals surface area contributed by atoms with Gasteiger partial charge in [0.2, 0.25) is 0 Å². The van der Waals surface area contributed by atoms with Crippen LogP contribution >= 0.6 is 0 Å². The van der Waals surface area contributed by atoms with E-state index in [-0.39, 0.29) is 11.6 Å². The summed E-state index contributed by atoms with van der Waals surface area (Å²) in [5.74, 6) is -0.111. The van der Waals surface area contributed by atoms with Gasteiger partial charge in [0, 0.05) is 6.42 Å². The third-order valence-corrected chi connectivity index (χ3v) is 1.53. The Morgan fingerprint density at radius 3 is 2.85 bits per heavy atom. The normalized spacial score (nSPS) is 9.23. The second-order valence-electron chi connectivity index (χ2n) is 2.54. The number of para-hydroxylation sites is 1. The van der Waals surface area contributed by atoms with Gasteiger partial charge >= 0.3 is 0 Å². The number of ether oxygens (including phenoxy) is 1. The number of nitriles is 1. The lowest BCUT2D eigenvalue weighted by atomic mass is 10.3. The van der Waals surface area contributed by atoms with E-state index in [2.05, 4.69) is 0 Å². The average Bonchev–Trinajstić information content (AvgIpc) is 2.15. The first-order valence-electron chi connectivity index (χ1n) is 4.09. The van der Waals surface area contributed by atoms with Crippen molar-refractivity contribution in [1.29, 1.82) is 5.26 Å². The molecule has 0 saturated carbocycles. The van der Waals surface area contributed by atoms with Crippen molar-refractivity contribution < 1.29 is 9.13 Å². The minimum atomic E-state index is -0.362. The summed E-state index contributed by atoms with van der Waals surface area (Å²) >= 11 is 0. The predicted octanol–water partition coefficient (Wildman–Crippen LogP) is 2.51. The van der Waals surface area contributed by atoms with Crippen LogP contribution in [-0.4, -0.2) is 6.61 Å². The molecule has 2 nitrogen and oxygen atoms in total. The molecule has 1 rings (SSSR count). The molecule has 0 aliphatic rings. The summed E-state index contributed by atoms with van der Waals surface area (Å²) in [5.41, 5.74) is 0. The van der Waals surface area contributed by atoms with Crippen molar-refractivity contribution >= 4 is 0 Å². The summed E-state index contributed by atoms with van der Waals surface area (Å²) < 4.78 is 18.0. The molecule has 0 spiro atoms.